The van der Waals surface area contributed by atoms with Crippen LogP contribution in [0.3, 0.4) is 0 Å². The minimum absolute atomic E-state index is 0. The first-order valence-corrected chi connectivity index (χ1v) is 5.50. The zero-order chi connectivity index (χ0) is 9.53. The summed E-state index contributed by atoms with van der Waals surface area (Å²) in [6, 6.07) is 0. The van der Waals surface area contributed by atoms with Crippen molar-refractivity contribution in [2.75, 3.05) is 19.6 Å². The minimum Gasteiger partial charge on any atom is -0.389 e. The van der Waals surface area contributed by atoms with Gasteiger partial charge in [-0.25, -0.2) is 0 Å². The molecule has 0 atom stereocenters. The summed E-state index contributed by atoms with van der Waals surface area (Å²) in [5, 5.41) is 9.95. The second-order valence-electron chi connectivity index (χ2n) is 5.39. The molecule has 14 heavy (non-hydrogen) atoms. The monoisotopic (exact) mass is 219 g/mol. The summed E-state index contributed by atoms with van der Waals surface area (Å²) in [4.78, 5) is 2.41. The van der Waals surface area contributed by atoms with Gasteiger partial charge in [-0.1, -0.05) is 13.8 Å². The Morgan fingerprint density at radius 1 is 1.29 bits per heavy atom. The molecule has 2 rings (SSSR count). The van der Waals surface area contributed by atoms with Gasteiger partial charge in [0.05, 0.1) is 5.60 Å². The highest BCUT2D eigenvalue weighted by Crippen LogP contribution is 2.38. The van der Waals surface area contributed by atoms with Gasteiger partial charge in [0.1, 0.15) is 0 Å². The van der Waals surface area contributed by atoms with Gasteiger partial charge < -0.3 is 5.11 Å². The Hall–Kier alpha value is 0.210. The van der Waals surface area contributed by atoms with Gasteiger partial charge >= 0.3 is 0 Å². The van der Waals surface area contributed by atoms with Crippen molar-refractivity contribution in [3.8, 4) is 0 Å². The fraction of sp³-hybridized carbons (Fsp3) is 1.00. The fourth-order valence-corrected chi connectivity index (χ4v) is 2.53. The van der Waals surface area contributed by atoms with Gasteiger partial charge in [-0.05, 0) is 31.1 Å². The lowest BCUT2D eigenvalue weighted by Gasteiger charge is -2.52. The Morgan fingerprint density at radius 3 is 2.21 bits per heavy atom. The van der Waals surface area contributed by atoms with E-state index in [9.17, 15) is 5.11 Å². The second kappa shape index (κ2) is 3.99. The topological polar surface area (TPSA) is 23.5 Å². The van der Waals surface area contributed by atoms with Crippen molar-refractivity contribution >= 4 is 12.4 Å². The molecule has 2 aliphatic rings. The Kier molecular flexibility index (Phi) is 3.50. The molecule has 1 aliphatic carbocycles. The molecular weight excluding hydrogens is 198 g/mol. The average Bonchev–Trinajstić information content (AvgIpc) is 1.98. The van der Waals surface area contributed by atoms with E-state index in [1.54, 1.807) is 0 Å². The van der Waals surface area contributed by atoms with Crippen LogP contribution >= 0.6 is 12.4 Å². The predicted molar refractivity (Wildman–Crippen MR) is 60.9 cm³/mol. The third-order valence-corrected chi connectivity index (χ3v) is 3.87. The zero-order valence-electron chi connectivity index (χ0n) is 9.25. The first-order valence-electron chi connectivity index (χ1n) is 5.50. The van der Waals surface area contributed by atoms with E-state index in [0.717, 1.165) is 19.4 Å². The number of hydrogen-bond donors (Lipinski definition) is 1. The van der Waals surface area contributed by atoms with Crippen molar-refractivity contribution in [3.05, 3.63) is 0 Å². The SMILES string of the molecule is CCC1(C)CN(CC2(O)CCC2)C1.Cl. The molecule has 2 fully saturated rings. The number of β-amino-alcohol motifs (C(OH)–C–C–N with tert-alkyl or cyclic N) is 1. The number of rotatable bonds is 3. The summed E-state index contributed by atoms with van der Waals surface area (Å²) in [6.45, 7) is 7.89. The van der Waals surface area contributed by atoms with Gasteiger partial charge in [0.25, 0.3) is 0 Å². The summed E-state index contributed by atoms with van der Waals surface area (Å²) in [5.41, 5.74) is 0.231. The molecule has 1 N–H and O–H groups in total. The van der Waals surface area contributed by atoms with E-state index >= 15 is 0 Å². The van der Waals surface area contributed by atoms with E-state index in [2.05, 4.69) is 18.7 Å². The molecule has 0 aromatic rings. The zero-order valence-corrected chi connectivity index (χ0v) is 10.1. The van der Waals surface area contributed by atoms with Gasteiger partial charge in [0, 0.05) is 19.6 Å². The maximum atomic E-state index is 9.95. The molecule has 0 spiro atoms. The van der Waals surface area contributed by atoms with Crippen LogP contribution in [0.1, 0.15) is 39.5 Å². The maximum Gasteiger partial charge on any atom is 0.0774 e. The van der Waals surface area contributed by atoms with Crippen LogP contribution in [0.25, 0.3) is 0 Å². The Balaban J connectivity index is 0.000000980. The molecule has 3 heteroatoms. The van der Waals surface area contributed by atoms with Crippen molar-refractivity contribution < 1.29 is 5.11 Å². The summed E-state index contributed by atoms with van der Waals surface area (Å²) in [7, 11) is 0. The number of hydrogen-bond acceptors (Lipinski definition) is 2. The highest BCUT2D eigenvalue weighted by atomic mass is 35.5. The van der Waals surface area contributed by atoms with Crippen LogP contribution in [0.5, 0.6) is 0 Å². The van der Waals surface area contributed by atoms with Crippen LogP contribution in [0.4, 0.5) is 0 Å². The van der Waals surface area contributed by atoms with Crippen molar-refractivity contribution in [3.63, 3.8) is 0 Å². The molecule has 0 aromatic carbocycles. The second-order valence-corrected chi connectivity index (χ2v) is 5.39. The van der Waals surface area contributed by atoms with Crippen molar-refractivity contribution in [1.29, 1.82) is 0 Å². The van der Waals surface area contributed by atoms with Crippen LogP contribution < -0.4 is 0 Å². The van der Waals surface area contributed by atoms with Crippen LogP contribution in [0.2, 0.25) is 0 Å². The van der Waals surface area contributed by atoms with E-state index in [-0.39, 0.29) is 18.0 Å². The molecule has 0 aromatic heterocycles. The largest absolute Gasteiger partial charge is 0.389 e. The van der Waals surface area contributed by atoms with Crippen LogP contribution in [0.15, 0.2) is 0 Å². The van der Waals surface area contributed by atoms with Crippen LogP contribution in [-0.2, 0) is 0 Å². The van der Waals surface area contributed by atoms with Crippen LogP contribution in [0, 0.1) is 5.41 Å². The van der Waals surface area contributed by atoms with Crippen molar-refractivity contribution in [2.24, 2.45) is 5.41 Å². The first kappa shape index (κ1) is 12.3. The van der Waals surface area contributed by atoms with E-state index < -0.39 is 0 Å². The lowest BCUT2D eigenvalue weighted by atomic mass is 9.75. The number of nitrogens with zero attached hydrogens (tertiary/aromatic N) is 1. The molecule has 84 valence electrons. The van der Waals surface area contributed by atoms with Gasteiger partial charge in [-0.15, -0.1) is 12.4 Å². The molecule has 0 amide bonds. The number of halogens is 1. The fourth-order valence-electron chi connectivity index (χ4n) is 2.53. The van der Waals surface area contributed by atoms with Gasteiger partial charge in [-0.2, -0.15) is 0 Å². The number of likely N-dealkylation sites (tertiary alicyclic amines) is 1. The van der Waals surface area contributed by atoms with E-state index in [4.69, 9.17) is 0 Å². The molecule has 0 unspecified atom stereocenters. The minimum atomic E-state index is -0.310. The first-order chi connectivity index (χ1) is 6.05. The Labute approximate surface area is 93.1 Å². The van der Waals surface area contributed by atoms with Gasteiger partial charge in [-0.3, -0.25) is 4.90 Å². The summed E-state index contributed by atoms with van der Waals surface area (Å²) >= 11 is 0. The summed E-state index contributed by atoms with van der Waals surface area (Å²) < 4.78 is 0. The Morgan fingerprint density at radius 2 is 1.86 bits per heavy atom. The smallest absolute Gasteiger partial charge is 0.0774 e. The van der Waals surface area contributed by atoms with Gasteiger partial charge in [0.2, 0.25) is 0 Å². The van der Waals surface area contributed by atoms with Crippen molar-refractivity contribution in [2.45, 2.75) is 45.1 Å². The normalized spacial score (nSPS) is 28.5. The molecule has 1 heterocycles. The Bertz CT molecular complexity index is 197. The van der Waals surface area contributed by atoms with E-state index in [0.29, 0.717) is 5.41 Å². The molecule has 0 bridgehead atoms. The third-order valence-electron chi connectivity index (χ3n) is 3.87. The quantitative estimate of drug-likeness (QED) is 0.786. The molecule has 1 aliphatic heterocycles. The number of aliphatic hydroxyl groups is 1. The average molecular weight is 220 g/mol. The van der Waals surface area contributed by atoms with Crippen LogP contribution in [-0.4, -0.2) is 35.2 Å². The summed E-state index contributed by atoms with van der Waals surface area (Å²) in [5.74, 6) is 0. The molecule has 0 radical (unpaired) electrons. The third kappa shape index (κ3) is 2.23. The standard InChI is InChI=1S/C11H21NO.ClH/c1-3-10(2)7-12(8-10)9-11(13)5-4-6-11;/h13H,3-9H2,1-2H3;1H. The lowest BCUT2D eigenvalue weighted by Crippen LogP contribution is -2.60. The predicted octanol–water partition coefficient (Wildman–Crippen LogP) is 2.06. The highest BCUT2D eigenvalue weighted by molar-refractivity contribution is 5.85. The maximum absolute atomic E-state index is 9.95. The van der Waals surface area contributed by atoms with E-state index in [1.165, 1.54) is 25.9 Å². The van der Waals surface area contributed by atoms with Crippen molar-refractivity contribution in [1.82, 2.24) is 4.90 Å². The summed E-state index contributed by atoms with van der Waals surface area (Å²) in [6.07, 6.45) is 4.52. The molecule has 1 saturated carbocycles. The molecule has 1 saturated heterocycles. The van der Waals surface area contributed by atoms with E-state index in [1.807, 2.05) is 0 Å². The van der Waals surface area contributed by atoms with Gasteiger partial charge in [0.15, 0.2) is 0 Å². The lowest BCUT2D eigenvalue weighted by molar-refractivity contribution is -0.0991. The molecule has 2 nitrogen and oxygen atoms in total. The molecular formula is C11H22ClNO. The highest BCUT2D eigenvalue weighted by Gasteiger charge is 2.43.